The minimum Gasteiger partial charge on any atom is -0.314 e. The molecule has 0 aromatic heterocycles. The van der Waals surface area contributed by atoms with Gasteiger partial charge in [0.2, 0.25) is 8.41 Å². The second kappa shape index (κ2) is 2.82. The van der Waals surface area contributed by atoms with E-state index in [1.165, 1.54) is 0 Å². The molecule has 0 saturated heterocycles. The maximum Gasteiger partial charge on any atom is 0.243 e. The molecule has 56 valence electrons. The van der Waals surface area contributed by atoms with Crippen LogP contribution in [0, 0.1) is 5.92 Å². The molecule has 9 heavy (non-hydrogen) atoms. The van der Waals surface area contributed by atoms with E-state index in [1.54, 1.807) is 13.1 Å². The van der Waals surface area contributed by atoms with Gasteiger partial charge in [-0.05, 0) is 24.6 Å². The summed E-state index contributed by atoms with van der Waals surface area (Å²) in [4.78, 5) is 0. The van der Waals surface area contributed by atoms with Crippen LogP contribution >= 0.6 is 0 Å². The molecule has 1 atom stereocenters. The van der Waals surface area contributed by atoms with Crippen molar-refractivity contribution in [2.75, 3.05) is 0 Å². The number of hydrogen-bond donors (Lipinski definition) is 0. The normalized spacial score (nSPS) is 16.3. The van der Waals surface area contributed by atoms with E-state index in [4.69, 9.17) is 0 Å². The number of halogens is 1. The van der Waals surface area contributed by atoms with E-state index in [1.807, 2.05) is 6.92 Å². The number of hydrogen-bond acceptors (Lipinski definition) is 0. The first-order valence-electron chi connectivity index (χ1n) is 3.54. The second-order valence-electron chi connectivity index (χ2n) is 3.60. The van der Waals surface area contributed by atoms with Crippen molar-refractivity contribution in [1.29, 1.82) is 0 Å². The summed E-state index contributed by atoms with van der Waals surface area (Å²) in [5.74, 6) is 0.497. The zero-order valence-electron chi connectivity index (χ0n) is 7.03. The van der Waals surface area contributed by atoms with Gasteiger partial charge in [0, 0.05) is 0 Å². The molecular weight excluding hydrogens is 131 g/mol. The lowest BCUT2D eigenvalue weighted by Gasteiger charge is -2.23. The molecule has 0 bridgehead atoms. The fourth-order valence-corrected chi connectivity index (χ4v) is 2.38. The molecule has 0 spiro atoms. The summed E-state index contributed by atoms with van der Waals surface area (Å²) in [5.41, 5.74) is 0.289. The van der Waals surface area contributed by atoms with Gasteiger partial charge in [-0.25, -0.2) is 0 Å². The predicted octanol–water partition coefficient (Wildman–Crippen LogP) is 3.21. The maximum atomic E-state index is 13.2. The first-order chi connectivity index (χ1) is 3.85. The first kappa shape index (κ1) is 9.15. The van der Waals surface area contributed by atoms with Crippen molar-refractivity contribution in [2.24, 2.45) is 5.92 Å². The van der Waals surface area contributed by atoms with E-state index in [0.717, 1.165) is 0 Å². The molecule has 1 unspecified atom stereocenters. The quantitative estimate of drug-likeness (QED) is 0.417. The third-order valence-electron chi connectivity index (χ3n) is 2.08. The van der Waals surface area contributed by atoms with Gasteiger partial charge in [-0.15, -0.1) is 0 Å². The molecule has 0 heterocycles. The Balaban J connectivity index is 3.88. The van der Waals surface area contributed by atoms with Crippen molar-refractivity contribution in [1.82, 2.24) is 0 Å². The van der Waals surface area contributed by atoms with Crippen molar-refractivity contribution in [2.45, 2.75) is 39.4 Å². The molecule has 0 amide bonds. The molecule has 0 N–H and O–H groups in total. The fraction of sp³-hybridized carbons (Fsp3) is 1.00. The standard InChI is InChI=1S/C7H17FSi/c1-6(2)7(3)9(4,5)8/h6-7H,1-5H3. The van der Waals surface area contributed by atoms with Gasteiger partial charge in [0.05, 0.1) is 0 Å². The van der Waals surface area contributed by atoms with Crippen LogP contribution in [0.15, 0.2) is 0 Å². The largest absolute Gasteiger partial charge is 0.314 e. The molecule has 0 aliphatic heterocycles. The summed E-state index contributed by atoms with van der Waals surface area (Å²) in [6, 6.07) is 0. The van der Waals surface area contributed by atoms with Gasteiger partial charge in [0.1, 0.15) is 0 Å². The Labute approximate surface area is 58.6 Å². The van der Waals surface area contributed by atoms with Gasteiger partial charge < -0.3 is 4.11 Å². The second-order valence-corrected chi connectivity index (χ2v) is 7.64. The van der Waals surface area contributed by atoms with Crippen LogP contribution in [0.5, 0.6) is 0 Å². The van der Waals surface area contributed by atoms with Crippen LogP contribution in [0.3, 0.4) is 0 Å². The van der Waals surface area contributed by atoms with Crippen molar-refractivity contribution >= 4 is 8.41 Å². The number of rotatable bonds is 2. The highest BCUT2D eigenvalue weighted by atomic mass is 28.4. The summed E-state index contributed by atoms with van der Waals surface area (Å²) in [5, 5.41) is 0. The summed E-state index contributed by atoms with van der Waals surface area (Å²) in [6.07, 6.45) is 0. The molecule has 0 nitrogen and oxygen atoms in total. The lowest BCUT2D eigenvalue weighted by Crippen LogP contribution is -2.27. The Morgan fingerprint density at radius 1 is 1.11 bits per heavy atom. The zero-order valence-corrected chi connectivity index (χ0v) is 8.03. The Hall–Kier alpha value is 0.147. The van der Waals surface area contributed by atoms with E-state index in [9.17, 15) is 4.11 Å². The van der Waals surface area contributed by atoms with Crippen molar-refractivity contribution in [3.63, 3.8) is 0 Å². The highest BCUT2D eigenvalue weighted by molar-refractivity contribution is 6.71. The Kier molecular flexibility index (Phi) is 2.87. The van der Waals surface area contributed by atoms with Gasteiger partial charge in [0.15, 0.2) is 0 Å². The highest BCUT2D eigenvalue weighted by Gasteiger charge is 2.30. The van der Waals surface area contributed by atoms with E-state index < -0.39 is 8.41 Å². The van der Waals surface area contributed by atoms with E-state index in [-0.39, 0.29) is 5.54 Å². The van der Waals surface area contributed by atoms with E-state index in [0.29, 0.717) is 5.92 Å². The molecule has 0 radical (unpaired) electrons. The molecule has 0 rings (SSSR count). The average Bonchev–Trinajstić information content (AvgIpc) is 1.62. The van der Waals surface area contributed by atoms with Gasteiger partial charge in [-0.2, -0.15) is 0 Å². The van der Waals surface area contributed by atoms with Crippen molar-refractivity contribution in [3.05, 3.63) is 0 Å². The lowest BCUT2D eigenvalue weighted by atomic mass is 10.1. The zero-order chi connectivity index (χ0) is 7.65. The molecule has 0 aliphatic rings. The summed E-state index contributed by atoms with van der Waals surface area (Å²) in [6.45, 7) is 9.73. The maximum absolute atomic E-state index is 13.2. The smallest absolute Gasteiger partial charge is 0.243 e. The Morgan fingerprint density at radius 2 is 1.44 bits per heavy atom. The van der Waals surface area contributed by atoms with Gasteiger partial charge in [0.25, 0.3) is 0 Å². The average molecular weight is 148 g/mol. The SMILES string of the molecule is CC(C)C(C)[Si](C)(C)F. The van der Waals surface area contributed by atoms with Crippen LogP contribution in [0.1, 0.15) is 20.8 Å². The molecule has 2 heteroatoms. The molecule has 0 saturated carbocycles. The van der Waals surface area contributed by atoms with Crippen LogP contribution < -0.4 is 0 Å². The molecule has 0 aromatic rings. The first-order valence-corrected chi connectivity index (χ1v) is 6.50. The Bertz CT molecular complexity index is 83.4. The van der Waals surface area contributed by atoms with Crippen molar-refractivity contribution < 1.29 is 4.11 Å². The molecule has 0 aliphatic carbocycles. The lowest BCUT2D eigenvalue weighted by molar-refractivity contribution is 0.566. The Morgan fingerprint density at radius 3 is 1.44 bits per heavy atom. The van der Waals surface area contributed by atoms with Crippen LogP contribution in [0.4, 0.5) is 4.11 Å². The predicted molar refractivity (Wildman–Crippen MR) is 42.9 cm³/mol. The topological polar surface area (TPSA) is 0 Å². The van der Waals surface area contributed by atoms with Gasteiger partial charge in [-0.3, -0.25) is 0 Å². The summed E-state index contributed by atoms with van der Waals surface area (Å²) >= 11 is 0. The fourth-order valence-electron chi connectivity index (χ4n) is 0.793. The molecule has 0 aromatic carbocycles. The monoisotopic (exact) mass is 148 g/mol. The van der Waals surface area contributed by atoms with Crippen molar-refractivity contribution in [3.8, 4) is 0 Å². The van der Waals surface area contributed by atoms with Gasteiger partial charge >= 0.3 is 0 Å². The highest BCUT2D eigenvalue weighted by Crippen LogP contribution is 2.29. The summed E-state index contributed by atoms with van der Waals surface area (Å²) in [7, 11) is -2.32. The minimum atomic E-state index is -2.32. The summed E-state index contributed by atoms with van der Waals surface area (Å²) < 4.78 is 13.2. The van der Waals surface area contributed by atoms with Gasteiger partial charge in [-0.1, -0.05) is 20.8 Å². The molecule has 0 fully saturated rings. The van der Waals surface area contributed by atoms with E-state index in [2.05, 4.69) is 13.8 Å². The third kappa shape index (κ3) is 2.99. The third-order valence-corrected chi connectivity index (χ3v) is 4.92. The van der Waals surface area contributed by atoms with E-state index >= 15 is 0 Å². The van der Waals surface area contributed by atoms with Crippen LogP contribution in [-0.2, 0) is 0 Å². The molecular formula is C7H17FSi. The minimum absolute atomic E-state index is 0.289. The van der Waals surface area contributed by atoms with Crippen LogP contribution in [0.2, 0.25) is 18.6 Å². The van der Waals surface area contributed by atoms with Crippen LogP contribution in [-0.4, -0.2) is 8.41 Å². The van der Waals surface area contributed by atoms with Crippen LogP contribution in [0.25, 0.3) is 0 Å².